The Morgan fingerprint density at radius 3 is 2.35 bits per heavy atom. The Kier molecular flexibility index (Phi) is 4.55. The van der Waals surface area contributed by atoms with E-state index in [9.17, 15) is 0 Å². The fraction of sp³-hybridized carbons (Fsp3) is 0.111. The molecule has 0 aliphatic rings. The van der Waals surface area contributed by atoms with Crippen molar-refractivity contribution in [3.63, 3.8) is 0 Å². The minimum Gasteiger partial charge on any atom is -0.399 e. The zero-order chi connectivity index (χ0) is 16.2. The number of rotatable bonds is 4. The normalized spacial score (nSPS) is 12.1. The van der Waals surface area contributed by atoms with Gasteiger partial charge in [0, 0.05) is 11.3 Å². The maximum absolute atomic E-state index is 6.28. The highest BCUT2D eigenvalue weighted by Crippen LogP contribution is 2.28. The number of halogens is 1. The zero-order valence-electron chi connectivity index (χ0n) is 12.5. The molecule has 3 aromatic rings. The summed E-state index contributed by atoms with van der Waals surface area (Å²) in [6.07, 6.45) is 0.693. The number of benzene rings is 2. The van der Waals surface area contributed by atoms with Crippen LogP contribution in [0.3, 0.4) is 0 Å². The van der Waals surface area contributed by atoms with Crippen molar-refractivity contribution in [2.75, 3.05) is 5.73 Å². The first-order valence-corrected chi connectivity index (χ1v) is 7.70. The maximum atomic E-state index is 6.28. The SMILES string of the molecule is Nc1ccc(-c2cc(C(N)Cc3ccccc3)nnc2Cl)cc1. The Labute approximate surface area is 140 Å². The van der Waals surface area contributed by atoms with Gasteiger partial charge in [-0.2, -0.15) is 5.10 Å². The molecule has 23 heavy (non-hydrogen) atoms. The fourth-order valence-electron chi connectivity index (χ4n) is 2.41. The van der Waals surface area contributed by atoms with Crippen molar-refractivity contribution >= 4 is 17.3 Å². The summed E-state index contributed by atoms with van der Waals surface area (Å²) in [5, 5.41) is 8.54. The van der Waals surface area contributed by atoms with Crippen molar-refractivity contribution in [1.82, 2.24) is 10.2 Å². The van der Waals surface area contributed by atoms with E-state index in [0.717, 1.165) is 16.7 Å². The van der Waals surface area contributed by atoms with E-state index in [0.29, 0.717) is 23.0 Å². The van der Waals surface area contributed by atoms with Gasteiger partial charge in [0.2, 0.25) is 0 Å². The molecule has 0 bridgehead atoms. The largest absolute Gasteiger partial charge is 0.399 e. The van der Waals surface area contributed by atoms with E-state index in [-0.39, 0.29) is 6.04 Å². The van der Waals surface area contributed by atoms with Gasteiger partial charge in [-0.25, -0.2) is 0 Å². The molecular formula is C18H17ClN4. The molecule has 0 spiro atoms. The van der Waals surface area contributed by atoms with Crippen LogP contribution in [0.2, 0.25) is 5.15 Å². The molecule has 1 atom stereocenters. The van der Waals surface area contributed by atoms with Crippen LogP contribution in [0.1, 0.15) is 17.3 Å². The number of hydrogen-bond acceptors (Lipinski definition) is 4. The molecule has 116 valence electrons. The van der Waals surface area contributed by atoms with Gasteiger partial charge in [0.1, 0.15) is 0 Å². The lowest BCUT2D eigenvalue weighted by molar-refractivity contribution is 0.680. The number of anilines is 1. The molecule has 2 aromatic carbocycles. The van der Waals surface area contributed by atoms with Crippen LogP contribution in [-0.4, -0.2) is 10.2 Å². The summed E-state index contributed by atoms with van der Waals surface area (Å²) >= 11 is 6.19. The molecule has 5 heteroatoms. The zero-order valence-corrected chi connectivity index (χ0v) is 13.2. The first-order valence-electron chi connectivity index (χ1n) is 7.32. The number of nitrogens with zero attached hydrogens (tertiary/aromatic N) is 2. The summed E-state index contributed by atoms with van der Waals surface area (Å²) < 4.78 is 0. The van der Waals surface area contributed by atoms with Crippen LogP contribution in [0, 0.1) is 0 Å². The topological polar surface area (TPSA) is 77.8 Å². The van der Waals surface area contributed by atoms with Crippen LogP contribution >= 0.6 is 11.6 Å². The van der Waals surface area contributed by atoms with Gasteiger partial charge in [-0.05, 0) is 35.7 Å². The number of nitrogen functional groups attached to an aromatic ring is 1. The van der Waals surface area contributed by atoms with E-state index in [1.54, 1.807) is 0 Å². The first kappa shape index (κ1) is 15.5. The second-order valence-corrected chi connectivity index (χ2v) is 5.75. The molecule has 1 heterocycles. The molecule has 0 aliphatic carbocycles. The molecule has 4 nitrogen and oxygen atoms in total. The van der Waals surface area contributed by atoms with Gasteiger partial charge in [-0.1, -0.05) is 54.1 Å². The fourth-order valence-corrected chi connectivity index (χ4v) is 2.61. The highest BCUT2D eigenvalue weighted by Gasteiger charge is 2.13. The predicted octanol–water partition coefficient (Wildman–Crippen LogP) is 3.62. The lowest BCUT2D eigenvalue weighted by atomic mass is 10.0. The number of nitrogens with two attached hydrogens (primary N) is 2. The molecule has 1 aromatic heterocycles. The van der Waals surface area contributed by atoms with Crippen LogP contribution in [-0.2, 0) is 6.42 Å². The summed E-state index contributed by atoms with van der Waals surface area (Å²) in [5.74, 6) is 0. The monoisotopic (exact) mass is 324 g/mol. The quantitative estimate of drug-likeness (QED) is 0.718. The van der Waals surface area contributed by atoms with E-state index in [1.807, 2.05) is 60.7 Å². The lowest BCUT2D eigenvalue weighted by Crippen LogP contribution is -2.15. The number of aromatic nitrogens is 2. The molecule has 3 rings (SSSR count). The van der Waals surface area contributed by atoms with E-state index >= 15 is 0 Å². The Hall–Kier alpha value is -2.43. The highest BCUT2D eigenvalue weighted by atomic mass is 35.5. The molecule has 0 aliphatic heterocycles. The summed E-state index contributed by atoms with van der Waals surface area (Å²) in [6, 6.07) is 19.2. The standard InChI is InChI=1S/C18H17ClN4/c19-18-15(13-6-8-14(20)9-7-13)11-17(22-23-18)16(21)10-12-4-2-1-3-5-12/h1-9,11,16H,10,20-21H2. The Balaban J connectivity index is 1.89. The van der Waals surface area contributed by atoms with Gasteiger partial charge >= 0.3 is 0 Å². The van der Waals surface area contributed by atoms with E-state index < -0.39 is 0 Å². The first-order chi connectivity index (χ1) is 11.1. The molecule has 0 saturated heterocycles. The third-order valence-electron chi connectivity index (χ3n) is 3.67. The Bertz CT molecular complexity index is 788. The van der Waals surface area contributed by atoms with Gasteiger partial charge in [-0.15, -0.1) is 5.10 Å². The van der Waals surface area contributed by atoms with Gasteiger partial charge < -0.3 is 11.5 Å². The molecule has 0 amide bonds. The molecule has 0 fully saturated rings. The van der Waals surface area contributed by atoms with Crippen molar-refractivity contribution in [1.29, 1.82) is 0 Å². The van der Waals surface area contributed by atoms with Crippen LogP contribution in [0.5, 0.6) is 0 Å². The summed E-state index contributed by atoms with van der Waals surface area (Å²) in [4.78, 5) is 0. The van der Waals surface area contributed by atoms with E-state index in [1.165, 1.54) is 0 Å². The van der Waals surface area contributed by atoms with Crippen LogP contribution < -0.4 is 11.5 Å². The highest BCUT2D eigenvalue weighted by molar-refractivity contribution is 6.32. The predicted molar refractivity (Wildman–Crippen MR) is 94.0 cm³/mol. The average Bonchev–Trinajstić information content (AvgIpc) is 2.57. The van der Waals surface area contributed by atoms with Crippen LogP contribution in [0.25, 0.3) is 11.1 Å². The minimum atomic E-state index is -0.241. The average molecular weight is 325 g/mol. The van der Waals surface area contributed by atoms with Gasteiger partial charge in [-0.3, -0.25) is 0 Å². The summed E-state index contributed by atoms with van der Waals surface area (Å²) in [7, 11) is 0. The van der Waals surface area contributed by atoms with E-state index in [4.69, 9.17) is 23.1 Å². The van der Waals surface area contributed by atoms with Gasteiger partial charge in [0.05, 0.1) is 11.7 Å². The Morgan fingerprint density at radius 2 is 1.65 bits per heavy atom. The molecule has 0 saturated carbocycles. The molecular weight excluding hydrogens is 308 g/mol. The van der Waals surface area contributed by atoms with Gasteiger partial charge in [0.15, 0.2) is 5.15 Å². The Morgan fingerprint density at radius 1 is 0.957 bits per heavy atom. The smallest absolute Gasteiger partial charge is 0.159 e. The van der Waals surface area contributed by atoms with Crippen molar-refractivity contribution < 1.29 is 0 Å². The van der Waals surface area contributed by atoms with Crippen molar-refractivity contribution in [2.24, 2.45) is 5.73 Å². The lowest BCUT2D eigenvalue weighted by Gasteiger charge is -2.13. The van der Waals surface area contributed by atoms with Crippen molar-refractivity contribution in [2.45, 2.75) is 12.5 Å². The van der Waals surface area contributed by atoms with Gasteiger partial charge in [0.25, 0.3) is 0 Å². The second kappa shape index (κ2) is 6.77. The third-order valence-corrected chi connectivity index (χ3v) is 3.95. The number of hydrogen-bond donors (Lipinski definition) is 2. The van der Waals surface area contributed by atoms with Crippen LogP contribution in [0.15, 0.2) is 60.7 Å². The molecule has 1 unspecified atom stereocenters. The third kappa shape index (κ3) is 3.67. The molecule has 4 N–H and O–H groups in total. The maximum Gasteiger partial charge on any atom is 0.159 e. The second-order valence-electron chi connectivity index (χ2n) is 5.39. The summed E-state index contributed by atoms with van der Waals surface area (Å²) in [6.45, 7) is 0. The van der Waals surface area contributed by atoms with E-state index in [2.05, 4.69) is 10.2 Å². The minimum absolute atomic E-state index is 0.241. The molecule has 0 radical (unpaired) electrons. The van der Waals surface area contributed by atoms with Crippen LogP contribution in [0.4, 0.5) is 5.69 Å². The van der Waals surface area contributed by atoms with Crippen molar-refractivity contribution in [3.8, 4) is 11.1 Å². The summed E-state index contributed by atoms with van der Waals surface area (Å²) in [5.41, 5.74) is 16.3. The van der Waals surface area contributed by atoms with Crippen molar-refractivity contribution in [3.05, 3.63) is 77.1 Å².